The Kier molecular flexibility index (Phi) is 4.14. The van der Waals surface area contributed by atoms with E-state index in [4.69, 9.17) is 5.11 Å². The first kappa shape index (κ1) is 13.1. The molecule has 0 aliphatic carbocycles. The van der Waals surface area contributed by atoms with Gasteiger partial charge >= 0.3 is 11.9 Å². The summed E-state index contributed by atoms with van der Waals surface area (Å²) in [6.07, 6.45) is 0.0547. The molecule has 0 heterocycles. The third-order valence-electron chi connectivity index (χ3n) is 2.25. The van der Waals surface area contributed by atoms with Crippen molar-refractivity contribution in [1.82, 2.24) is 4.90 Å². The van der Waals surface area contributed by atoms with Crippen molar-refractivity contribution in [3.05, 3.63) is 35.4 Å². The summed E-state index contributed by atoms with van der Waals surface area (Å²) in [7, 11) is 1.29. The molecule has 0 atom stereocenters. The normalized spacial score (nSPS) is 10.1. The fourth-order valence-corrected chi connectivity index (χ4v) is 1.29. The number of hydrogen-bond donors (Lipinski definition) is 1. The van der Waals surface area contributed by atoms with Crippen LogP contribution in [0.25, 0.3) is 0 Å². The molecule has 1 amide bonds. The molecule has 1 N–H and O–H groups in total. The van der Waals surface area contributed by atoms with Gasteiger partial charge in [-0.2, -0.15) is 0 Å². The van der Waals surface area contributed by atoms with Gasteiger partial charge in [-0.25, -0.2) is 13.6 Å². The number of carbonyl (C=O) groups excluding carboxylic acids is 1. The highest BCUT2D eigenvalue weighted by atomic mass is 19.1. The van der Waals surface area contributed by atoms with Gasteiger partial charge in [0.1, 0.15) is 11.6 Å². The molecule has 0 saturated carbocycles. The summed E-state index contributed by atoms with van der Waals surface area (Å²) in [5.74, 6) is -3.81. The average Bonchev–Trinajstić information content (AvgIpc) is 2.28. The quantitative estimate of drug-likeness (QED) is 0.807. The number of rotatable bonds is 3. The number of nitrogens with zero attached hydrogens (tertiary/aromatic N) is 1. The number of halogens is 2. The smallest absolute Gasteiger partial charge is 0.394 e. The third kappa shape index (κ3) is 3.51. The van der Waals surface area contributed by atoms with Crippen molar-refractivity contribution in [3.8, 4) is 0 Å². The molecule has 1 aromatic rings. The Labute approximate surface area is 96.5 Å². The van der Waals surface area contributed by atoms with E-state index >= 15 is 0 Å². The van der Waals surface area contributed by atoms with E-state index in [1.807, 2.05) is 0 Å². The van der Waals surface area contributed by atoms with Crippen LogP contribution in [0.5, 0.6) is 0 Å². The summed E-state index contributed by atoms with van der Waals surface area (Å²) in [4.78, 5) is 22.3. The zero-order valence-corrected chi connectivity index (χ0v) is 9.11. The van der Waals surface area contributed by atoms with Crippen LogP contribution in [0.4, 0.5) is 8.78 Å². The fourth-order valence-electron chi connectivity index (χ4n) is 1.29. The molecule has 1 aromatic carbocycles. The Morgan fingerprint density at radius 1 is 1.35 bits per heavy atom. The fraction of sp³-hybridized carbons (Fsp3) is 0.273. The molecule has 6 heteroatoms. The van der Waals surface area contributed by atoms with Crippen molar-refractivity contribution in [1.29, 1.82) is 0 Å². The van der Waals surface area contributed by atoms with Crippen LogP contribution in [-0.2, 0) is 16.0 Å². The maximum absolute atomic E-state index is 13.2. The molecule has 0 aliphatic rings. The lowest BCUT2D eigenvalue weighted by Gasteiger charge is -2.14. The standard InChI is InChI=1S/C11H11F2NO3/c1-14(10(15)11(16)17)5-4-7-6-8(12)2-3-9(7)13/h2-3,6H,4-5H2,1H3,(H,16,17). The van der Waals surface area contributed by atoms with E-state index in [9.17, 15) is 18.4 Å². The Morgan fingerprint density at radius 2 is 2.00 bits per heavy atom. The minimum absolute atomic E-state index is 0.00546. The molecule has 0 unspecified atom stereocenters. The highest BCUT2D eigenvalue weighted by Gasteiger charge is 2.17. The molecule has 4 nitrogen and oxygen atoms in total. The van der Waals surface area contributed by atoms with Crippen molar-refractivity contribution >= 4 is 11.9 Å². The molecule has 1 rings (SSSR count). The molecule has 0 aliphatic heterocycles. The second kappa shape index (κ2) is 5.38. The zero-order valence-electron chi connectivity index (χ0n) is 9.11. The Bertz CT molecular complexity index is 448. The van der Waals surface area contributed by atoms with E-state index in [-0.39, 0.29) is 18.5 Å². The number of benzene rings is 1. The number of hydrogen-bond acceptors (Lipinski definition) is 2. The van der Waals surface area contributed by atoms with Crippen LogP contribution in [0, 0.1) is 11.6 Å². The van der Waals surface area contributed by atoms with Gasteiger partial charge in [0, 0.05) is 13.6 Å². The molecule has 0 fully saturated rings. The summed E-state index contributed by atoms with van der Waals surface area (Å²) >= 11 is 0. The van der Waals surface area contributed by atoms with Gasteiger partial charge in [0.05, 0.1) is 0 Å². The van der Waals surface area contributed by atoms with E-state index in [2.05, 4.69) is 0 Å². The summed E-state index contributed by atoms with van der Waals surface area (Å²) < 4.78 is 26.0. The van der Waals surface area contributed by atoms with Crippen molar-refractivity contribution in [2.24, 2.45) is 0 Å². The largest absolute Gasteiger partial charge is 0.474 e. The molecule has 0 radical (unpaired) electrons. The Morgan fingerprint density at radius 3 is 2.59 bits per heavy atom. The van der Waals surface area contributed by atoms with Crippen LogP contribution in [-0.4, -0.2) is 35.5 Å². The Hall–Kier alpha value is -1.98. The van der Waals surface area contributed by atoms with Gasteiger partial charge in [0.25, 0.3) is 0 Å². The van der Waals surface area contributed by atoms with Crippen LogP contribution < -0.4 is 0 Å². The van der Waals surface area contributed by atoms with Crippen LogP contribution in [0.2, 0.25) is 0 Å². The number of carboxylic acid groups (broad SMARTS) is 1. The van der Waals surface area contributed by atoms with Crippen LogP contribution in [0.3, 0.4) is 0 Å². The molecular formula is C11H11F2NO3. The summed E-state index contributed by atoms with van der Waals surface area (Å²) in [6, 6.07) is 3.00. The van der Waals surface area contributed by atoms with Crippen molar-refractivity contribution in [2.75, 3.05) is 13.6 Å². The predicted octanol–water partition coefficient (Wildman–Crippen LogP) is 1.05. The maximum Gasteiger partial charge on any atom is 0.394 e. The minimum Gasteiger partial charge on any atom is -0.474 e. The average molecular weight is 243 g/mol. The topological polar surface area (TPSA) is 57.6 Å². The van der Waals surface area contributed by atoms with Gasteiger partial charge in [0.2, 0.25) is 0 Å². The molecule has 92 valence electrons. The van der Waals surface area contributed by atoms with Crippen molar-refractivity contribution in [2.45, 2.75) is 6.42 Å². The first-order valence-corrected chi connectivity index (χ1v) is 4.84. The molecule has 0 bridgehead atoms. The lowest BCUT2D eigenvalue weighted by molar-refractivity contribution is -0.155. The second-order valence-electron chi connectivity index (χ2n) is 3.52. The number of aliphatic carboxylic acids is 1. The highest BCUT2D eigenvalue weighted by Crippen LogP contribution is 2.10. The molecule has 17 heavy (non-hydrogen) atoms. The van der Waals surface area contributed by atoms with E-state index in [0.29, 0.717) is 0 Å². The van der Waals surface area contributed by atoms with Gasteiger partial charge in [-0.05, 0) is 30.2 Å². The number of amides is 1. The third-order valence-corrected chi connectivity index (χ3v) is 2.25. The van der Waals surface area contributed by atoms with Gasteiger partial charge < -0.3 is 10.0 Å². The van der Waals surface area contributed by atoms with Gasteiger partial charge in [-0.1, -0.05) is 0 Å². The predicted molar refractivity (Wildman–Crippen MR) is 55.3 cm³/mol. The lowest BCUT2D eigenvalue weighted by atomic mass is 10.1. The highest BCUT2D eigenvalue weighted by molar-refractivity contribution is 6.31. The maximum atomic E-state index is 13.2. The minimum atomic E-state index is -1.58. The van der Waals surface area contributed by atoms with Crippen LogP contribution in [0.1, 0.15) is 5.56 Å². The lowest BCUT2D eigenvalue weighted by Crippen LogP contribution is -2.34. The first-order chi connectivity index (χ1) is 7.91. The van der Waals surface area contributed by atoms with Crippen molar-refractivity contribution < 1.29 is 23.5 Å². The SMILES string of the molecule is CN(CCc1cc(F)ccc1F)C(=O)C(=O)O. The van der Waals surface area contributed by atoms with Crippen LogP contribution >= 0.6 is 0 Å². The molecular weight excluding hydrogens is 232 g/mol. The number of likely N-dealkylation sites (N-methyl/N-ethyl adjacent to an activating group) is 1. The summed E-state index contributed by atoms with van der Waals surface area (Å²) in [6.45, 7) is 0.00546. The number of carboxylic acids is 1. The summed E-state index contributed by atoms with van der Waals surface area (Å²) in [5, 5.41) is 8.42. The first-order valence-electron chi connectivity index (χ1n) is 4.84. The van der Waals surface area contributed by atoms with E-state index < -0.39 is 23.5 Å². The number of carbonyl (C=O) groups is 2. The van der Waals surface area contributed by atoms with Gasteiger partial charge in [0.15, 0.2) is 0 Å². The Balaban J connectivity index is 2.64. The van der Waals surface area contributed by atoms with E-state index in [1.165, 1.54) is 7.05 Å². The van der Waals surface area contributed by atoms with E-state index in [0.717, 1.165) is 23.1 Å². The van der Waals surface area contributed by atoms with Crippen LogP contribution in [0.15, 0.2) is 18.2 Å². The van der Waals surface area contributed by atoms with Gasteiger partial charge in [-0.3, -0.25) is 4.79 Å². The van der Waals surface area contributed by atoms with Gasteiger partial charge in [-0.15, -0.1) is 0 Å². The molecule has 0 saturated heterocycles. The zero-order chi connectivity index (χ0) is 13.0. The van der Waals surface area contributed by atoms with E-state index in [1.54, 1.807) is 0 Å². The molecule has 0 aromatic heterocycles. The molecule has 0 spiro atoms. The van der Waals surface area contributed by atoms with Crippen molar-refractivity contribution in [3.63, 3.8) is 0 Å². The monoisotopic (exact) mass is 243 g/mol. The summed E-state index contributed by atoms with van der Waals surface area (Å²) in [5.41, 5.74) is 0.107. The second-order valence-corrected chi connectivity index (χ2v) is 3.52.